The Balaban J connectivity index is 1.85. The second kappa shape index (κ2) is 5.63. The average molecular weight is 306 g/mol. The Kier molecular flexibility index (Phi) is 4.23. The minimum atomic E-state index is -0.188. The molecule has 0 amide bonds. The van der Waals surface area contributed by atoms with Crippen molar-refractivity contribution in [3.8, 4) is 0 Å². The summed E-state index contributed by atoms with van der Waals surface area (Å²) in [4.78, 5) is 0. The van der Waals surface area contributed by atoms with Crippen LogP contribution in [0.5, 0.6) is 0 Å². The maximum Gasteiger partial charge on any atom is 0.0610 e. The summed E-state index contributed by atoms with van der Waals surface area (Å²) in [7, 11) is 0. The lowest BCUT2D eigenvalue weighted by molar-refractivity contribution is -0.119. The summed E-state index contributed by atoms with van der Waals surface area (Å²) >= 11 is 0. The molecule has 126 valence electrons. The molecule has 0 saturated heterocycles. The van der Waals surface area contributed by atoms with Crippen LogP contribution in [0.2, 0.25) is 0 Å². The summed E-state index contributed by atoms with van der Waals surface area (Å²) in [5.74, 6) is 1.35. The topological polar surface area (TPSA) is 40.5 Å². The molecule has 2 nitrogen and oxygen atoms in total. The Hall–Kier alpha value is -0.340. The van der Waals surface area contributed by atoms with E-state index >= 15 is 0 Å². The van der Waals surface area contributed by atoms with E-state index < -0.39 is 0 Å². The normalized spacial score (nSPS) is 52.6. The van der Waals surface area contributed by atoms with E-state index in [9.17, 15) is 10.2 Å². The first-order chi connectivity index (χ1) is 10.3. The van der Waals surface area contributed by atoms with E-state index in [4.69, 9.17) is 0 Å². The molecule has 2 heteroatoms. The van der Waals surface area contributed by atoms with E-state index in [1.807, 2.05) is 0 Å². The van der Waals surface area contributed by atoms with Gasteiger partial charge in [0.25, 0.3) is 0 Å². The average Bonchev–Trinajstić information content (AvgIpc) is 2.78. The lowest BCUT2D eigenvalue weighted by Crippen LogP contribution is -2.52. The van der Waals surface area contributed by atoms with Crippen LogP contribution in [0.15, 0.2) is 12.2 Å². The molecule has 0 radical (unpaired) electrons. The van der Waals surface area contributed by atoms with Crippen molar-refractivity contribution in [1.29, 1.82) is 0 Å². The largest absolute Gasteiger partial charge is 0.393 e. The van der Waals surface area contributed by atoms with Crippen LogP contribution in [0.3, 0.4) is 0 Å². The number of hydrogen-bond donors (Lipinski definition) is 2. The molecule has 3 aliphatic carbocycles. The van der Waals surface area contributed by atoms with Gasteiger partial charge in [-0.05, 0) is 73.5 Å². The van der Waals surface area contributed by atoms with Crippen LogP contribution >= 0.6 is 0 Å². The summed E-state index contributed by atoms with van der Waals surface area (Å²) in [5.41, 5.74) is 1.73. The van der Waals surface area contributed by atoms with E-state index in [0.717, 1.165) is 44.9 Å². The summed E-state index contributed by atoms with van der Waals surface area (Å²) in [5, 5.41) is 21.3. The number of hydrogen-bond acceptors (Lipinski definition) is 2. The predicted octanol–water partition coefficient (Wildman–Crippen LogP) is 4.31. The van der Waals surface area contributed by atoms with E-state index in [2.05, 4.69) is 27.4 Å². The van der Waals surface area contributed by atoms with Gasteiger partial charge in [0.2, 0.25) is 0 Å². The number of rotatable bonds is 2. The molecule has 0 aromatic rings. The van der Waals surface area contributed by atoms with Crippen molar-refractivity contribution in [2.75, 3.05) is 0 Å². The highest BCUT2D eigenvalue weighted by molar-refractivity contribution is 5.21. The Morgan fingerprint density at radius 1 is 1.09 bits per heavy atom. The zero-order valence-corrected chi connectivity index (χ0v) is 14.6. The number of aliphatic hydroxyl groups excluding tert-OH is 2. The highest BCUT2D eigenvalue weighted by Crippen LogP contribution is 2.61. The zero-order chi connectivity index (χ0) is 16.1. The van der Waals surface area contributed by atoms with Crippen molar-refractivity contribution in [2.45, 2.75) is 84.3 Å². The van der Waals surface area contributed by atoms with Crippen molar-refractivity contribution in [1.82, 2.24) is 0 Å². The van der Waals surface area contributed by atoms with Crippen molar-refractivity contribution >= 4 is 0 Å². The fourth-order valence-electron chi connectivity index (χ4n) is 6.25. The van der Waals surface area contributed by atoms with Crippen LogP contribution in [0.25, 0.3) is 0 Å². The monoisotopic (exact) mass is 306 g/mol. The number of fused-ring (bicyclic) bond motifs is 1. The van der Waals surface area contributed by atoms with Crippen LogP contribution in [-0.4, -0.2) is 22.4 Å². The Morgan fingerprint density at radius 3 is 2.50 bits per heavy atom. The molecular formula is C20H34O2. The molecule has 7 atom stereocenters. The van der Waals surface area contributed by atoms with Crippen molar-refractivity contribution in [2.24, 2.45) is 28.6 Å². The molecule has 0 aromatic heterocycles. The summed E-state index contributed by atoms with van der Waals surface area (Å²) in [6.45, 7) is 11.3. The van der Waals surface area contributed by atoms with Gasteiger partial charge in [-0.3, -0.25) is 0 Å². The van der Waals surface area contributed by atoms with Gasteiger partial charge >= 0.3 is 0 Å². The lowest BCUT2D eigenvalue weighted by atomic mass is 9.51. The first kappa shape index (κ1) is 16.5. The molecule has 3 saturated carbocycles. The highest BCUT2D eigenvalue weighted by Gasteiger charge is 2.56. The Bertz CT molecular complexity index is 445. The maximum absolute atomic E-state index is 11.2. The first-order valence-electron chi connectivity index (χ1n) is 9.37. The summed E-state index contributed by atoms with van der Waals surface area (Å²) in [6.07, 6.45) is 8.21. The molecule has 2 N–H and O–H groups in total. The van der Waals surface area contributed by atoms with E-state index in [0.29, 0.717) is 17.8 Å². The van der Waals surface area contributed by atoms with Gasteiger partial charge in [0.1, 0.15) is 0 Å². The van der Waals surface area contributed by atoms with Gasteiger partial charge in [0.05, 0.1) is 12.2 Å². The van der Waals surface area contributed by atoms with E-state index in [-0.39, 0.29) is 23.0 Å². The predicted molar refractivity (Wildman–Crippen MR) is 90.4 cm³/mol. The summed E-state index contributed by atoms with van der Waals surface area (Å²) < 4.78 is 0. The quantitative estimate of drug-likeness (QED) is 0.746. The molecule has 0 aliphatic heterocycles. The van der Waals surface area contributed by atoms with Gasteiger partial charge in [0.15, 0.2) is 0 Å². The molecule has 2 unspecified atom stereocenters. The molecule has 3 rings (SSSR count). The smallest absolute Gasteiger partial charge is 0.0610 e. The van der Waals surface area contributed by atoms with Crippen LogP contribution in [0.1, 0.15) is 72.1 Å². The van der Waals surface area contributed by atoms with Gasteiger partial charge in [0, 0.05) is 0 Å². The van der Waals surface area contributed by atoms with E-state index in [1.165, 1.54) is 12.0 Å². The molecule has 0 spiro atoms. The van der Waals surface area contributed by atoms with Gasteiger partial charge in [-0.25, -0.2) is 0 Å². The fraction of sp³-hybridized carbons (Fsp3) is 0.900. The highest BCUT2D eigenvalue weighted by atomic mass is 16.3. The van der Waals surface area contributed by atoms with Gasteiger partial charge < -0.3 is 10.2 Å². The molecule has 3 fully saturated rings. The van der Waals surface area contributed by atoms with Crippen LogP contribution in [0.4, 0.5) is 0 Å². The Labute approximate surface area is 136 Å². The second-order valence-electron chi connectivity index (χ2n) is 8.84. The maximum atomic E-state index is 11.2. The molecular weight excluding hydrogens is 272 g/mol. The SMILES string of the molecule is C=C1CCC2[C@H](O)C([C@@]3(C)CC[C@H](O)C[C@@H]3CC)CC[C@]12C. The lowest BCUT2D eigenvalue weighted by Gasteiger charge is -2.55. The van der Waals surface area contributed by atoms with Crippen molar-refractivity contribution < 1.29 is 10.2 Å². The number of aliphatic hydroxyl groups is 2. The van der Waals surface area contributed by atoms with Crippen molar-refractivity contribution in [3.05, 3.63) is 12.2 Å². The third-order valence-electron chi connectivity index (χ3n) is 8.03. The Morgan fingerprint density at radius 2 is 1.82 bits per heavy atom. The standard InChI is InChI=1S/C20H34O2/c1-5-14-12-15(21)8-10-20(14,4)17-9-11-19(3)13(2)6-7-16(19)18(17)22/h14-18,21-22H,2,5-12H2,1,3-4H3/t14-,15-,16?,17?,18-,19+,20-/m0/s1. The third-order valence-corrected chi connectivity index (χ3v) is 8.03. The molecule has 0 heterocycles. The minimum Gasteiger partial charge on any atom is -0.393 e. The van der Waals surface area contributed by atoms with Gasteiger partial charge in [-0.2, -0.15) is 0 Å². The van der Waals surface area contributed by atoms with Crippen molar-refractivity contribution in [3.63, 3.8) is 0 Å². The van der Waals surface area contributed by atoms with Crippen LogP contribution in [0, 0.1) is 28.6 Å². The second-order valence-corrected chi connectivity index (χ2v) is 8.84. The third kappa shape index (κ3) is 2.29. The minimum absolute atomic E-state index is 0.129. The fourth-order valence-corrected chi connectivity index (χ4v) is 6.25. The number of allylic oxidation sites excluding steroid dienone is 1. The summed E-state index contributed by atoms with van der Waals surface area (Å²) in [6, 6.07) is 0. The van der Waals surface area contributed by atoms with Gasteiger partial charge in [-0.1, -0.05) is 39.3 Å². The van der Waals surface area contributed by atoms with Crippen LogP contribution in [-0.2, 0) is 0 Å². The molecule has 3 aliphatic rings. The first-order valence-corrected chi connectivity index (χ1v) is 9.37. The van der Waals surface area contributed by atoms with E-state index in [1.54, 1.807) is 0 Å². The molecule has 0 aromatic carbocycles. The van der Waals surface area contributed by atoms with Crippen LogP contribution < -0.4 is 0 Å². The van der Waals surface area contributed by atoms with Gasteiger partial charge in [-0.15, -0.1) is 0 Å². The molecule has 22 heavy (non-hydrogen) atoms. The molecule has 0 bridgehead atoms. The zero-order valence-electron chi connectivity index (χ0n) is 14.6.